The van der Waals surface area contributed by atoms with E-state index >= 15 is 0 Å². The highest BCUT2D eigenvalue weighted by molar-refractivity contribution is 6.04. The van der Waals surface area contributed by atoms with Crippen LogP contribution in [-0.2, 0) is 21.3 Å². The Labute approximate surface area is 148 Å². The third-order valence-corrected chi connectivity index (χ3v) is 4.35. The number of rotatable bonds is 9. The van der Waals surface area contributed by atoms with Gasteiger partial charge in [-0.2, -0.15) is 0 Å². The average molecular weight is 352 g/mol. The molecule has 7 heteroatoms. The fourth-order valence-corrected chi connectivity index (χ4v) is 2.94. The Morgan fingerprint density at radius 3 is 2.32 bits per heavy atom. The van der Waals surface area contributed by atoms with E-state index in [1.165, 1.54) is 7.11 Å². The Morgan fingerprint density at radius 2 is 1.80 bits per heavy atom. The lowest BCUT2D eigenvalue weighted by molar-refractivity contribution is -0.130. The highest BCUT2D eigenvalue weighted by Crippen LogP contribution is 2.22. The summed E-state index contributed by atoms with van der Waals surface area (Å²) in [6.07, 6.45) is 0.996. The van der Waals surface area contributed by atoms with E-state index in [1.54, 1.807) is 44.4 Å². The van der Waals surface area contributed by atoms with Gasteiger partial charge in [0.2, 0.25) is 5.91 Å². The molecule has 1 aromatic rings. The second-order valence-electron chi connectivity index (χ2n) is 5.92. The van der Waals surface area contributed by atoms with Crippen molar-refractivity contribution in [1.29, 1.82) is 0 Å². The highest BCUT2D eigenvalue weighted by atomic mass is 16.5. The molecule has 0 aliphatic carbocycles. The van der Waals surface area contributed by atoms with Gasteiger partial charge in [-0.15, -0.1) is 0 Å². The lowest BCUT2D eigenvalue weighted by Crippen LogP contribution is -2.36. The van der Waals surface area contributed by atoms with Crippen LogP contribution in [0.15, 0.2) is 0 Å². The van der Waals surface area contributed by atoms with Crippen molar-refractivity contribution >= 4 is 17.7 Å². The maximum absolute atomic E-state index is 12.8. The molecular formula is C18H28N2O5. The van der Waals surface area contributed by atoms with Gasteiger partial charge in [0.05, 0.1) is 13.7 Å². The standard InChI is InChI=1S/C18H28N2O5/c1-7-15(22)20(9-8-10-24-5)11-14(21)16-12(2)17(18(23)25-6)19(4)13(16)3/h7-11H2,1-6H3. The minimum absolute atomic E-state index is 0.0112. The van der Waals surface area contributed by atoms with Gasteiger partial charge in [0.15, 0.2) is 5.78 Å². The second-order valence-corrected chi connectivity index (χ2v) is 5.92. The maximum Gasteiger partial charge on any atom is 0.354 e. The summed E-state index contributed by atoms with van der Waals surface area (Å²) in [6, 6.07) is 0. The predicted molar refractivity (Wildman–Crippen MR) is 93.9 cm³/mol. The van der Waals surface area contributed by atoms with E-state index < -0.39 is 5.97 Å². The molecule has 1 amide bonds. The first-order valence-electron chi connectivity index (χ1n) is 8.34. The van der Waals surface area contributed by atoms with E-state index in [0.29, 0.717) is 48.5 Å². The Kier molecular flexibility index (Phi) is 7.83. The molecule has 0 radical (unpaired) electrons. The summed E-state index contributed by atoms with van der Waals surface area (Å²) in [5.41, 5.74) is 2.10. The second kappa shape index (κ2) is 9.36. The first-order valence-corrected chi connectivity index (χ1v) is 8.34. The smallest absolute Gasteiger partial charge is 0.354 e. The van der Waals surface area contributed by atoms with Gasteiger partial charge >= 0.3 is 5.97 Å². The lowest BCUT2D eigenvalue weighted by Gasteiger charge is -2.21. The van der Waals surface area contributed by atoms with Crippen molar-refractivity contribution in [2.75, 3.05) is 33.9 Å². The SMILES string of the molecule is CCC(=O)N(CCCOC)CC(=O)c1c(C)c(C(=O)OC)n(C)c1C. The molecular weight excluding hydrogens is 324 g/mol. The summed E-state index contributed by atoms with van der Waals surface area (Å²) in [7, 11) is 4.63. The molecule has 0 spiro atoms. The molecule has 0 bridgehead atoms. The summed E-state index contributed by atoms with van der Waals surface area (Å²) in [5.74, 6) is -0.743. The normalized spacial score (nSPS) is 10.6. The molecule has 0 aliphatic heterocycles. The van der Waals surface area contributed by atoms with Crippen molar-refractivity contribution in [2.24, 2.45) is 7.05 Å². The fraction of sp³-hybridized carbons (Fsp3) is 0.611. The molecule has 0 N–H and O–H groups in total. The van der Waals surface area contributed by atoms with Crippen LogP contribution in [0, 0.1) is 13.8 Å². The number of esters is 1. The molecule has 1 rings (SSSR count). The van der Waals surface area contributed by atoms with Gasteiger partial charge in [0, 0.05) is 45.0 Å². The third-order valence-electron chi connectivity index (χ3n) is 4.35. The van der Waals surface area contributed by atoms with Gasteiger partial charge in [0.25, 0.3) is 0 Å². The van der Waals surface area contributed by atoms with Crippen molar-refractivity contribution in [1.82, 2.24) is 9.47 Å². The number of hydrogen-bond acceptors (Lipinski definition) is 5. The number of ketones is 1. The van der Waals surface area contributed by atoms with Crippen molar-refractivity contribution in [2.45, 2.75) is 33.6 Å². The first kappa shape index (κ1) is 20.9. The largest absolute Gasteiger partial charge is 0.464 e. The summed E-state index contributed by atoms with van der Waals surface area (Å²) in [6.45, 7) is 6.25. The summed E-state index contributed by atoms with van der Waals surface area (Å²) in [4.78, 5) is 38.5. The third kappa shape index (κ3) is 4.69. The number of carbonyl (C=O) groups is 3. The van der Waals surface area contributed by atoms with Crippen LogP contribution < -0.4 is 0 Å². The zero-order valence-corrected chi connectivity index (χ0v) is 16.0. The van der Waals surface area contributed by atoms with Crippen LogP contribution >= 0.6 is 0 Å². The number of ether oxygens (including phenoxy) is 2. The van der Waals surface area contributed by atoms with E-state index in [2.05, 4.69) is 0 Å². The van der Waals surface area contributed by atoms with Crippen molar-refractivity contribution in [3.8, 4) is 0 Å². The topological polar surface area (TPSA) is 77.8 Å². The van der Waals surface area contributed by atoms with Crippen LogP contribution in [0.3, 0.4) is 0 Å². The van der Waals surface area contributed by atoms with Crippen molar-refractivity contribution in [3.63, 3.8) is 0 Å². The van der Waals surface area contributed by atoms with Crippen LogP contribution in [0.2, 0.25) is 0 Å². The van der Waals surface area contributed by atoms with Gasteiger partial charge < -0.3 is 18.9 Å². The summed E-state index contributed by atoms with van der Waals surface area (Å²) < 4.78 is 11.5. The molecule has 140 valence electrons. The quantitative estimate of drug-likeness (QED) is 0.385. The molecule has 0 aliphatic rings. The zero-order chi connectivity index (χ0) is 19.1. The average Bonchev–Trinajstić information content (AvgIpc) is 2.82. The van der Waals surface area contributed by atoms with E-state index in [-0.39, 0.29) is 18.2 Å². The molecule has 7 nitrogen and oxygen atoms in total. The Morgan fingerprint density at radius 1 is 1.16 bits per heavy atom. The number of Topliss-reactive ketones (excluding diaryl/α,β-unsaturated/α-hetero) is 1. The number of methoxy groups -OCH3 is 2. The highest BCUT2D eigenvalue weighted by Gasteiger charge is 2.27. The monoisotopic (exact) mass is 352 g/mol. The first-order chi connectivity index (χ1) is 11.8. The molecule has 0 atom stereocenters. The molecule has 0 saturated carbocycles. The number of aromatic nitrogens is 1. The van der Waals surface area contributed by atoms with E-state index in [0.717, 1.165) is 0 Å². The molecule has 0 aromatic carbocycles. The molecule has 1 aromatic heterocycles. The zero-order valence-electron chi connectivity index (χ0n) is 16.0. The molecule has 0 saturated heterocycles. The fourth-order valence-electron chi connectivity index (χ4n) is 2.94. The lowest BCUT2D eigenvalue weighted by atomic mass is 10.0. The maximum atomic E-state index is 12.8. The minimum atomic E-state index is -0.483. The van der Waals surface area contributed by atoms with Crippen molar-refractivity contribution in [3.05, 3.63) is 22.5 Å². The van der Waals surface area contributed by atoms with Gasteiger partial charge in [0.1, 0.15) is 5.69 Å². The molecule has 25 heavy (non-hydrogen) atoms. The van der Waals surface area contributed by atoms with Gasteiger partial charge in [-0.25, -0.2) is 4.79 Å². The number of hydrogen-bond donors (Lipinski definition) is 0. The number of carbonyl (C=O) groups excluding carboxylic acids is 3. The number of nitrogens with zero attached hydrogens (tertiary/aromatic N) is 2. The molecule has 1 heterocycles. The predicted octanol–water partition coefficient (Wildman–Crippen LogP) is 1.89. The number of amides is 1. The van der Waals surface area contributed by atoms with E-state index in [1.807, 2.05) is 0 Å². The van der Waals surface area contributed by atoms with Gasteiger partial charge in [-0.1, -0.05) is 6.92 Å². The van der Waals surface area contributed by atoms with Crippen LogP contribution in [-0.4, -0.2) is 61.0 Å². The van der Waals surface area contributed by atoms with E-state index in [4.69, 9.17) is 9.47 Å². The van der Waals surface area contributed by atoms with E-state index in [9.17, 15) is 14.4 Å². The van der Waals surface area contributed by atoms with Gasteiger partial charge in [-0.3, -0.25) is 9.59 Å². The minimum Gasteiger partial charge on any atom is -0.464 e. The van der Waals surface area contributed by atoms with Crippen LogP contribution in [0.4, 0.5) is 0 Å². The Bertz CT molecular complexity index is 648. The van der Waals surface area contributed by atoms with Crippen LogP contribution in [0.25, 0.3) is 0 Å². The summed E-state index contributed by atoms with van der Waals surface area (Å²) >= 11 is 0. The summed E-state index contributed by atoms with van der Waals surface area (Å²) in [5, 5.41) is 0. The Balaban J connectivity index is 3.09. The van der Waals surface area contributed by atoms with Crippen LogP contribution in [0.5, 0.6) is 0 Å². The molecule has 0 fully saturated rings. The van der Waals surface area contributed by atoms with Gasteiger partial charge in [-0.05, 0) is 25.8 Å². The van der Waals surface area contributed by atoms with Crippen LogP contribution in [0.1, 0.15) is 51.9 Å². The molecule has 0 unspecified atom stereocenters. The Hall–Kier alpha value is -2.15. The van der Waals surface area contributed by atoms with Crippen molar-refractivity contribution < 1.29 is 23.9 Å².